The average molecular weight is 240 g/mol. The Hall–Kier alpha value is -0.120. The SMILES string of the molecule is CC(O)CCNC1CCN(C2CCCC2)CC1. The van der Waals surface area contributed by atoms with Crippen LogP contribution in [0.1, 0.15) is 51.9 Å². The third kappa shape index (κ3) is 4.23. The molecule has 1 unspecified atom stereocenters. The van der Waals surface area contributed by atoms with E-state index in [0.29, 0.717) is 6.04 Å². The molecule has 0 aromatic heterocycles. The summed E-state index contributed by atoms with van der Waals surface area (Å²) in [5, 5.41) is 12.8. The molecule has 3 heteroatoms. The van der Waals surface area contributed by atoms with Crippen molar-refractivity contribution < 1.29 is 5.11 Å². The van der Waals surface area contributed by atoms with Gasteiger partial charge in [0.15, 0.2) is 0 Å². The number of likely N-dealkylation sites (tertiary alicyclic amines) is 1. The Morgan fingerprint density at radius 1 is 1.18 bits per heavy atom. The Balaban J connectivity index is 1.60. The highest BCUT2D eigenvalue weighted by Gasteiger charge is 2.26. The average Bonchev–Trinajstić information content (AvgIpc) is 2.83. The molecule has 1 aliphatic carbocycles. The van der Waals surface area contributed by atoms with Crippen LogP contribution in [0.5, 0.6) is 0 Å². The summed E-state index contributed by atoms with van der Waals surface area (Å²) in [5.41, 5.74) is 0. The molecular weight excluding hydrogens is 212 g/mol. The molecule has 2 aliphatic rings. The normalized spacial score (nSPS) is 26.5. The molecule has 3 nitrogen and oxygen atoms in total. The molecule has 1 aliphatic heterocycles. The highest BCUT2D eigenvalue weighted by molar-refractivity contribution is 4.84. The van der Waals surface area contributed by atoms with Crippen molar-refractivity contribution in [3.05, 3.63) is 0 Å². The van der Waals surface area contributed by atoms with Crippen LogP contribution in [0.25, 0.3) is 0 Å². The molecule has 0 amide bonds. The van der Waals surface area contributed by atoms with Gasteiger partial charge in [-0.1, -0.05) is 12.8 Å². The third-order valence-electron chi connectivity index (χ3n) is 4.37. The molecule has 0 bridgehead atoms. The standard InChI is InChI=1S/C14H28N2O/c1-12(17)6-9-15-13-7-10-16(11-8-13)14-4-2-3-5-14/h12-15,17H,2-11H2,1H3. The number of aliphatic hydroxyl groups excluding tert-OH is 1. The number of rotatable bonds is 5. The van der Waals surface area contributed by atoms with Gasteiger partial charge in [-0.05, 0) is 58.7 Å². The highest BCUT2D eigenvalue weighted by atomic mass is 16.3. The predicted octanol–water partition coefficient (Wildman–Crippen LogP) is 1.75. The van der Waals surface area contributed by atoms with E-state index in [1.54, 1.807) is 0 Å². The molecule has 2 fully saturated rings. The van der Waals surface area contributed by atoms with Crippen molar-refractivity contribution in [3.8, 4) is 0 Å². The van der Waals surface area contributed by atoms with Gasteiger partial charge in [0.1, 0.15) is 0 Å². The van der Waals surface area contributed by atoms with Gasteiger partial charge in [-0.3, -0.25) is 0 Å². The zero-order valence-corrected chi connectivity index (χ0v) is 11.2. The summed E-state index contributed by atoms with van der Waals surface area (Å²) in [6.45, 7) is 5.38. The molecular formula is C14H28N2O. The van der Waals surface area contributed by atoms with E-state index in [4.69, 9.17) is 0 Å². The summed E-state index contributed by atoms with van der Waals surface area (Å²) in [7, 11) is 0. The molecule has 0 spiro atoms. The number of hydrogen-bond donors (Lipinski definition) is 2. The maximum atomic E-state index is 9.22. The topological polar surface area (TPSA) is 35.5 Å². The molecule has 1 atom stereocenters. The zero-order valence-electron chi connectivity index (χ0n) is 11.2. The first-order chi connectivity index (χ1) is 8.25. The van der Waals surface area contributed by atoms with Gasteiger partial charge < -0.3 is 15.3 Å². The second-order valence-corrected chi connectivity index (χ2v) is 5.84. The van der Waals surface area contributed by atoms with Crippen molar-refractivity contribution in [3.63, 3.8) is 0 Å². The van der Waals surface area contributed by atoms with Gasteiger partial charge in [-0.25, -0.2) is 0 Å². The van der Waals surface area contributed by atoms with Crippen LogP contribution in [-0.2, 0) is 0 Å². The quantitative estimate of drug-likeness (QED) is 0.768. The van der Waals surface area contributed by atoms with E-state index >= 15 is 0 Å². The summed E-state index contributed by atoms with van der Waals surface area (Å²) < 4.78 is 0. The molecule has 0 aromatic carbocycles. The van der Waals surface area contributed by atoms with E-state index in [1.165, 1.54) is 51.6 Å². The van der Waals surface area contributed by atoms with E-state index in [2.05, 4.69) is 10.2 Å². The lowest BCUT2D eigenvalue weighted by atomic mass is 10.0. The predicted molar refractivity (Wildman–Crippen MR) is 71.2 cm³/mol. The van der Waals surface area contributed by atoms with E-state index in [1.807, 2.05) is 6.92 Å². The van der Waals surface area contributed by atoms with Crippen LogP contribution in [0.2, 0.25) is 0 Å². The fourth-order valence-electron chi connectivity index (χ4n) is 3.23. The first-order valence-corrected chi connectivity index (χ1v) is 7.41. The van der Waals surface area contributed by atoms with E-state index < -0.39 is 0 Å². The lowest BCUT2D eigenvalue weighted by Crippen LogP contribution is -2.46. The van der Waals surface area contributed by atoms with Gasteiger partial charge >= 0.3 is 0 Å². The molecule has 17 heavy (non-hydrogen) atoms. The zero-order chi connectivity index (χ0) is 12.1. The highest BCUT2D eigenvalue weighted by Crippen LogP contribution is 2.26. The number of nitrogens with zero attached hydrogens (tertiary/aromatic N) is 1. The maximum absolute atomic E-state index is 9.22. The van der Waals surface area contributed by atoms with Gasteiger partial charge in [0.25, 0.3) is 0 Å². The summed E-state index contributed by atoms with van der Waals surface area (Å²) in [6, 6.07) is 1.58. The fourth-order valence-corrected chi connectivity index (χ4v) is 3.23. The van der Waals surface area contributed by atoms with Gasteiger partial charge in [0.2, 0.25) is 0 Å². The second-order valence-electron chi connectivity index (χ2n) is 5.84. The lowest BCUT2D eigenvalue weighted by Gasteiger charge is -2.36. The summed E-state index contributed by atoms with van der Waals surface area (Å²) >= 11 is 0. The van der Waals surface area contributed by atoms with Crippen molar-refractivity contribution >= 4 is 0 Å². The van der Waals surface area contributed by atoms with Crippen LogP contribution in [0.4, 0.5) is 0 Å². The lowest BCUT2D eigenvalue weighted by molar-refractivity contribution is 0.140. The van der Waals surface area contributed by atoms with E-state index in [9.17, 15) is 5.11 Å². The second kappa shape index (κ2) is 6.72. The van der Waals surface area contributed by atoms with E-state index in [0.717, 1.165) is 19.0 Å². The molecule has 0 radical (unpaired) electrons. The Bertz CT molecular complexity index is 206. The minimum Gasteiger partial charge on any atom is -0.393 e. The summed E-state index contributed by atoms with van der Waals surface area (Å²) in [5.74, 6) is 0. The number of nitrogens with one attached hydrogen (secondary N) is 1. The van der Waals surface area contributed by atoms with Crippen LogP contribution < -0.4 is 5.32 Å². The minimum atomic E-state index is -0.166. The molecule has 100 valence electrons. The number of piperidine rings is 1. The van der Waals surface area contributed by atoms with Crippen molar-refractivity contribution in [2.24, 2.45) is 0 Å². The van der Waals surface area contributed by atoms with Crippen molar-refractivity contribution in [1.29, 1.82) is 0 Å². The monoisotopic (exact) mass is 240 g/mol. The Morgan fingerprint density at radius 3 is 2.41 bits per heavy atom. The third-order valence-corrected chi connectivity index (χ3v) is 4.37. The summed E-state index contributed by atoms with van der Waals surface area (Å²) in [6.07, 6.45) is 9.03. The van der Waals surface area contributed by atoms with Gasteiger partial charge in [-0.2, -0.15) is 0 Å². The Morgan fingerprint density at radius 2 is 1.82 bits per heavy atom. The van der Waals surface area contributed by atoms with Gasteiger partial charge in [-0.15, -0.1) is 0 Å². The molecule has 2 rings (SSSR count). The van der Waals surface area contributed by atoms with Crippen molar-refractivity contribution in [1.82, 2.24) is 10.2 Å². The Kier molecular flexibility index (Phi) is 5.26. The maximum Gasteiger partial charge on any atom is 0.0524 e. The molecule has 2 N–H and O–H groups in total. The van der Waals surface area contributed by atoms with Crippen molar-refractivity contribution in [2.75, 3.05) is 19.6 Å². The molecule has 0 aromatic rings. The smallest absolute Gasteiger partial charge is 0.0524 e. The largest absolute Gasteiger partial charge is 0.393 e. The number of hydrogen-bond acceptors (Lipinski definition) is 3. The Labute approximate surface area is 106 Å². The van der Waals surface area contributed by atoms with Gasteiger partial charge in [0, 0.05) is 12.1 Å². The first-order valence-electron chi connectivity index (χ1n) is 7.41. The number of aliphatic hydroxyl groups is 1. The minimum absolute atomic E-state index is 0.166. The van der Waals surface area contributed by atoms with Crippen molar-refractivity contribution in [2.45, 2.75) is 70.1 Å². The molecule has 1 heterocycles. The molecule has 1 saturated carbocycles. The van der Waals surface area contributed by atoms with Gasteiger partial charge in [0.05, 0.1) is 6.10 Å². The van der Waals surface area contributed by atoms with Crippen LogP contribution >= 0.6 is 0 Å². The van der Waals surface area contributed by atoms with E-state index in [-0.39, 0.29) is 6.10 Å². The van der Waals surface area contributed by atoms with Crippen LogP contribution in [-0.4, -0.2) is 47.8 Å². The van der Waals surface area contributed by atoms with Crippen LogP contribution in [0.3, 0.4) is 0 Å². The van der Waals surface area contributed by atoms with Crippen LogP contribution in [0, 0.1) is 0 Å². The fraction of sp³-hybridized carbons (Fsp3) is 1.00. The van der Waals surface area contributed by atoms with Crippen LogP contribution in [0.15, 0.2) is 0 Å². The summed E-state index contributed by atoms with van der Waals surface area (Å²) in [4.78, 5) is 2.71. The first kappa shape index (κ1) is 13.3. The molecule has 1 saturated heterocycles.